The molecule has 10 nitrogen and oxygen atoms in total. The fourth-order valence-electron chi connectivity index (χ4n) is 5.07. The van der Waals surface area contributed by atoms with Crippen LogP contribution in [0.4, 0.5) is 0 Å². The molecule has 34 heavy (non-hydrogen) atoms. The Hall–Kier alpha value is -2.86. The number of benzene rings is 2. The lowest BCUT2D eigenvalue weighted by Crippen LogP contribution is -2.59. The molecule has 1 saturated heterocycles. The van der Waals surface area contributed by atoms with Crippen molar-refractivity contribution in [3.8, 4) is 11.5 Å². The molecule has 2 aromatic carbocycles. The molecule has 6 atom stereocenters. The van der Waals surface area contributed by atoms with Gasteiger partial charge < -0.3 is 40.1 Å². The molecule has 3 aliphatic rings. The standard InChI is InChI=1S/C24H24O10/c25-8-13-20(29)22(31)23(32)24(34-13)33-12-7-3-6-11-14(12)21(30)16-15(19(11)28)17(26)9-4-1-2-5-10(9)18(16)27/h1-2,4-5,12-13,20,22-25,28-32H,3,6-8H2. The van der Waals surface area contributed by atoms with Crippen molar-refractivity contribution >= 4 is 11.6 Å². The van der Waals surface area contributed by atoms with Crippen molar-refractivity contribution in [2.75, 3.05) is 6.61 Å². The van der Waals surface area contributed by atoms with Gasteiger partial charge in [0.05, 0.1) is 23.8 Å². The Bertz CT molecular complexity index is 1170. The van der Waals surface area contributed by atoms with E-state index in [1.165, 1.54) is 12.1 Å². The van der Waals surface area contributed by atoms with E-state index in [2.05, 4.69) is 0 Å². The minimum absolute atomic E-state index is 0.0972. The number of aromatic hydroxyl groups is 2. The molecule has 180 valence electrons. The Balaban J connectivity index is 1.58. The monoisotopic (exact) mass is 472 g/mol. The number of hydrogen-bond donors (Lipinski definition) is 6. The van der Waals surface area contributed by atoms with Crippen LogP contribution in [-0.2, 0) is 15.9 Å². The predicted octanol–water partition coefficient (Wildman–Crippen LogP) is 0.0671. The quantitative estimate of drug-likeness (QED) is 0.286. The minimum Gasteiger partial charge on any atom is -0.507 e. The Kier molecular flexibility index (Phi) is 5.67. The molecule has 0 aromatic heterocycles. The number of rotatable bonds is 3. The van der Waals surface area contributed by atoms with Crippen molar-refractivity contribution in [1.29, 1.82) is 0 Å². The van der Waals surface area contributed by atoms with E-state index in [1.807, 2.05) is 0 Å². The molecule has 0 radical (unpaired) electrons. The molecule has 0 bridgehead atoms. The van der Waals surface area contributed by atoms with Gasteiger partial charge in [-0.3, -0.25) is 9.59 Å². The smallest absolute Gasteiger partial charge is 0.198 e. The number of phenols is 2. The van der Waals surface area contributed by atoms with Gasteiger partial charge in [0.25, 0.3) is 0 Å². The molecule has 0 spiro atoms. The van der Waals surface area contributed by atoms with Crippen LogP contribution >= 0.6 is 0 Å². The molecule has 6 unspecified atom stereocenters. The van der Waals surface area contributed by atoms with Gasteiger partial charge in [-0.05, 0) is 19.3 Å². The molecule has 10 heteroatoms. The summed E-state index contributed by atoms with van der Waals surface area (Å²) in [5.41, 5.74) is 0.0201. The van der Waals surface area contributed by atoms with Gasteiger partial charge in [0, 0.05) is 22.3 Å². The highest BCUT2D eigenvalue weighted by Crippen LogP contribution is 2.49. The summed E-state index contributed by atoms with van der Waals surface area (Å²) in [6.07, 6.45) is -7.40. The molecule has 0 saturated carbocycles. The summed E-state index contributed by atoms with van der Waals surface area (Å²) in [7, 11) is 0. The Morgan fingerprint density at radius 3 is 2.15 bits per heavy atom. The second-order valence-corrected chi connectivity index (χ2v) is 8.76. The van der Waals surface area contributed by atoms with Gasteiger partial charge in [-0.2, -0.15) is 0 Å². The predicted molar refractivity (Wildman–Crippen MR) is 114 cm³/mol. The average molecular weight is 472 g/mol. The summed E-state index contributed by atoms with van der Waals surface area (Å²) >= 11 is 0. The van der Waals surface area contributed by atoms with Gasteiger partial charge in [0.1, 0.15) is 35.9 Å². The van der Waals surface area contributed by atoms with Gasteiger partial charge in [0.2, 0.25) is 0 Å². The molecular formula is C24H24O10. The lowest BCUT2D eigenvalue weighted by Gasteiger charge is -2.41. The normalized spacial score (nSPS) is 30.5. The molecule has 1 heterocycles. The maximum absolute atomic E-state index is 13.2. The molecule has 5 rings (SSSR count). The molecule has 0 amide bonds. The number of aliphatic hydroxyl groups is 4. The third kappa shape index (κ3) is 3.26. The molecule has 2 aromatic rings. The summed E-state index contributed by atoms with van der Waals surface area (Å²) in [4.78, 5) is 26.3. The van der Waals surface area contributed by atoms with Gasteiger partial charge in [-0.1, -0.05) is 24.3 Å². The molecular weight excluding hydrogens is 448 g/mol. The zero-order valence-electron chi connectivity index (χ0n) is 17.9. The summed E-state index contributed by atoms with van der Waals surface area (Å²) in [5, 5.41) is 62.0. The number of carbonyl (C=O) groups is 2. The van der Waals surface area contributed by atoms with Crippen LogP contribution in [0.5, 0.6) is 11.5 Å². The van der Waals surface area contributed by atoms with Crippen molar-refractivity contribution < 1.29 is 49.7 Å². The van der Waals surface area contributed by atoms with Crippen molar-refractivity contribution in [2.24, 2.45) is 0 Å². The Morgan fingerprint density at radius 1 is 0.912 bits per heavy atom. The van der Waals surface area contributed by atoms with E-state index in [9.17, 15) is 40.2 Å². The molecule has 2 aliphatic carbocycles. The van der Waals surface area contributed by atoms with E-state index in [-0.39, 0.29) is 33.4 Å². The van der Waals surface area contributed by atoms with Crippen LogP contribution in [0.3, 0.4) is 0 Å². The van der Waals surface area contributed by atoms with E-state index < -0.39 is 66.5 Å². The number of hydrogen-bond acceptors (Lipinski definition) is 10. The number of aliphatic hydroxyl groups excluding tert-OH is 4. The van der Waals surface area contributed by atoms with Crippen LogP contribution in [-0.4, -0.2) is 79.5 Å². The zero-order valence-corrected chi connectivity index (χ0v) is 17.9. The van der Waals surface area contributed by atoms with Crippen molar-refractivity contribution in [2.45, 2.75) is 56.1 Å². The van der Waals surface area contributed by atoms with E-state index in [1.54, 1.807) is 12.1 Å². The zero-order chi connectivity index (χ0) is 24.3. The minimum atomic E-state index is -1.66. The second kappa shape index (κ2) is 8.42. The fourth-order valence-corrected chi connectivity index (χ4v) is 5.07. The highest BCUT2D eigenvalue weighted by Gasteiger charge is 2.46. The number of phenolic OH excluding ortho intramolecular Hbond substituents is 2. The van der Waals surface area contributed by atoms with E-state index in [0.29, 0.717) is 19.3 Å². The molecule has 1 aliphatic heterocycles. The first-order valence-corrected chi connectivity index (χ1v) is 11.0. The first-order chi connectivity index (χ1) is 16.3. The topological polar surface area (TPSA) is 174 Å². The number of ketones is 2. The highest BCUT2D eigenvalue weighted by molar-refractivity contribution is 6.30. The summed E-state index contributed by atoms with van der Waals surface area (Å²) < 4.78 is 11.3. The summed E-state index contributed by atoms with van der Waals surface area (Å²) in [6.45, 7) is -0.637. The Morgan fingerprint density at radius 2 is 1.53 bits per heavy atom. The van der Waals surface area contributed by atoms with Crippen LogP contribution in [0.1, 0.15) is 61.9 Å². The van der Waals surface area contributed by atoms with Crippen molar-refractivity contribution in [1.82, 2.24) is 0 Å². The van der Waals surface area contributed by atoms with Crippen molar-refractivity contribution in [3.05, 3.63) is 57.6 Å². The summed E-state index contributed by atoms with van der Waals surface area (Å²) in [6, 6.07) is 6.15. The van der Waals surface area contributed by atoms with E-state index >= 15 is 0 Å². The number of carbonyl (C=O) groups excluding carboxylic acids is 2. The van der Waals surface area contributed by atoms with E-state index in [4.69, 9.17) is 9.47 Å². The fraction of sp³-hybridized carbons (Fsp3) is 0.417. The number of ether oxygens (including phenoxy) is 2. The molecule has 6 N–H and O–H groups in total. The number of fused-ring (bicyclic) bond motifs is 3. The largest absolute Gasteiger partial charge is 0.507 e. The third-order valence-electron chi connectivity index (χ3n) is 6.82. The first-order valence-electron chi connectivity index (χ1n) is 11.0. The Labute approximate surface area is 193 Å². The van der Waals surface area contributed by atoms with E-state index in [0.717, 1.165) is 0 Å². The molecule has 1 fully saturated rings. The van der Waals surface area contributed by atoms with Crippen LogP contribution < -0.4 is 0 Å². The van der Waals surface area contributed by atoms with Gasteiger partial charge in [-0.15, -0.1) is 0 Å². The second-order valence-electron chi connectivity index (χ2n) is 8.76. The van der Waals surface area contributed by atoms with Crippen LogP contribution in [0.2, 0.25) is 0 Å². The van der Waals surface area contributed by atoms with Gasteiger partial charge in [-0.25, -0.2) is 0 Å². The average Bonchev–Trinajstić information content (AvgIpc) is 2.85. The lowest BCUT2D eigenvalue weighted by molar-refractivity contribution is -0.313. The van der Waals surface area contributed by atoms with Gasteiger partial charge >= 0.3 is 0 Å². The van der Waals surface area contributed by atoms with Gasteiger partial charge in [0.15, 0.2) is 17.9 Å². The van der Waals surface area contributed by atoms with Crippen LogP contribution in [0.25, 0.3) is 0 Å². The SMILES string of the molecule is O=C1c2ccccc2C(=O)c2c(O)c3c(c(O)c21)CCCC3OC1OC(CO)C(O)C(O)C1O. The summed E-state index contributed by atoms with van der Waals surface area (Å²) in [5.74, 6) is -2.08. The highest BCUT2D eigenvalue weighted by atomic mass is 16.7. The van der Waals surface area contributed by atoms with Crippen LogP contribution in [0, 0.1) is 0 Å². The first kappa shape index (κ1) is 22.9. The van der Waals surface area contributed by atoms with Crippen molar-refractivity contribution in [3.63, 3.8) is 0 Å². The third-order valence-corrected chi connectivity index (χ3v) is 6.82. The lowest BCUT2D eigenvalue weighted by atomic mass is 9.77. The van der Waals surface area contributed by atoms with Crippen LogP contribution in [0.15, 0.2) is 24.3 Å². The maximum Gasteiger partial charge on any atom is 0.198 e. The maximum atomic E-state index is 13.2.